The summed E-state index contributed by atoms with van der Waals surface area (Å²) in [5.41, 5.74) is 1.01. The lowest BCUT2D eigenvalue weighted by Gasteiger charge is -2.44. The lowest BCUT2D eigenvalue weighted by atomic mass is 9.92. The van der Waals surface area contributed by atoms with E-state index in [9.17, 15) is 19.2 Å². The number of carbonyl (C=O) groups excluding carboxylic acids is 4. The molecular formula is C37H32O9. The van der Waals surface area contributed by atoms with Crippen molar-refractivity contribution in [3.8, 4) is 0 Å². The number of ether oxygens (including phenoxy) is 5. The quantitative estimate of drug-likeness (QED) is 0.115. The Morgan fingerprint density at radius 3 is 1.26 bits per heavy atom. The van der Waals surface area contributed by atoms with Gasteiger partial charge in [-0.15, -0.1) is 6.58 Å². The summed E-state index contributed by atoms with van der Waals surface area (Å²) in [6.45, 7) is 3.44. The van der Waals surface area contributed by atoms with Crippen LogP contribution in [0.4, 0.5) is 0 Å². The van der Waals surface area contributed by atoms with E-state index < -0.39 is 54.4 Å². The van der Waals surface area contributed by atoms with E-state index in [4.69, 9.17) is 23.7 Å². The van der Waals surface area contributed by atoms with Crippen LogP contribution in [0.25, 0.3) is 0 Å². The summed E-state index contributed by atoms with van der Waals surface area (Å²) < 4.78 is 29.9. The second-order valence-corrected chi connectivity index (χ2v) is 10.4. The summed E-state index contributed by atoms with van der Waals surface area (Å²) in [4.78, 5) is 53.2. The predicted molar refractivity (Wildman–Crippen MR) is 167 cm³/mol. The molecule has 0 bridgehead atoms. The Morgan fingerprint density at radius 1 is 0.522 bits per heavy atom. The molecule has 234 valence electrons. The maximum absolute atomic E-state index is 13.5. The molecule has 0 aliphatic carbocycles. The molecule has 1 aliphatic heterocycles. The van der Waals surface area contributed by atoms with Crippen molar-refractivity contribution in [2.45, 2.75) is 36.9 Å². The number of esters is 4. The first-order valence-corrected chi connectivity index (χ1v) is 14.7. The van der Waals surface area contributed by atoms with Crippen LogP contribution in [0.3, 0.4) is 0 Å². The van der Waals surface area contributed by atoms with Crippen LogP contribution in [0.1, 0.15) is 47.9 Å². The normalized spacial score (nSPS) is 20.5. The van der Waals surface area contributed by atoms with Gasteiger partial charge < -0.3 is 23.7 Å². The topological polar surface area (TPSA) is 114 Å². The molecule has 0 spiro atoms. The SMILES string of the molecule is C=CC[C@H]1O[C@H](COC(=O)c2ccccc2)[C@@H](OC(=O)c2ccccc2)[C@H](OC(=O)c2ccccc2)[C@@H]1OC(=O)c1ccccc1. The van der Waals surface area contributed by atoms with E-state index in [-0.39, 0.29) is 29.7 Å². The molecule has 5 rings (SSSR count). The molecule has 0 unspecified atom stereocenters. The van der Waals surface area contributed by atoms with Crippen molar-refractivity contribution in [1.82, 2.24) is 0 Å². The number of hydrogen-bond acceptors (Lipinski definition) is 9. The Bertz CT molecular complexity index is 1620. The number of benzene rings is 4. The Hall–Kier alpha value is -5.54. The molecule has 0 aromatic heterocycles. The lowest BCUT2D eigenvalue weighted by Crippen LogP contribution is -2.62. The van der Waals surface area contributed by atoms with E-state index in [1.165, 1.54) is 0 Å². The zero-order chi connectivity index (χ0) is 32.3. The van der Waals surface area contributed by atoms with Gasteiger partial charge in [-0.25, -0.2) is 19.2 Å². The van der Waals surface area contributed by atoms with Crippen molar-refractivity contribution in [1.29, 1.82) is 0 Å². The first-order valence-electron chi connectivity index (χ1n) is 14.7. The monoisotopic (exact) mass is 620 g/mol. The van der Waals surface area contributed by atoms with Crippen molar-refractivity contribution in [3.05, 3.63) is 156 Å². The summed E-state index contributed by atoms with van der Waals surface area (Å²) in [6, 6.07) is 33.1. The van der Waals surface area contributed by atoms with Crippen LogP contribution >= 0.6 is 0 Å². The highest BCUT2D eigenvalue weighted by Crippen LogP contribution is 2.32. The van der Waals surface area contributed by atoms with Gasteiger partial charge >= 0.3 is 23.9 Å². The Kier molecular flexibility index (Phi) is 10.7. The van der Waals surface area contributed by atoms with Gasteiger partial charge in [-0.1, -0.05) is 78.9 Å². The third kappa shape index (κ3) is 7.94. The van der Waals surface area contributed by atoms with Gasteiger partial charge in [-0.05, 0) is 55.0 Å². The molecule has 5 atom stereocenters. The van der Waals surface area contributed by atoms with E-state index in [2.05, 4.69) is 6.58 Å². The summed E-state index contributed by atoms with van der Waals surface area (Å²) >= 11 is 0. The summed E-state index contributed by atoms with van der Waals surface area (Å²) in [6.07, 6.45) is -4.28. The summed E-state index contributed by atoms with van der Waals surface area (Å²) in [7, 11) is 0. The molecule has 1 heterocycles. The van der Waals surface area contributed by atoms with Crippen molar-refractivity contribution in [3.63, 3.8) is 0 Å². The molecule has 0 radical (unpaired) electrons. The van der Waals surface area contributed by atoms with Crippen LogP contribution in [0.2, 0.25) is 0 Å². The van der Waals surface area contributed by atoms with Crippen molar-refractivity contribution in [2.75, 3.05) is 6.61 Å². The van der Waals surface area contributed by atoms with Gasteiger partial charge in [0, 0.05) is 0 Å². The molecule has 1 saturated heterocycles. The van der Waals surface area contributed by atoms with Crippen molar-refractivity contribution in [2.24, 2.45) is 0 Å². The van der Waals surface area contributed by atoms with Crippen molar-refractivity contribution < 1.29 is 42.9 Å². The third-order valence-corrected chi connectivity index (χ3v) is 7.28. The van der Waals surface area contributed by atoms with Gasteiger partial charge in [0.2, 0.25) is 0 Å². The van der Waals surface area contributed by atoms with Gasteiger partial charge in [-0.2, -0.15) is 0 Å². The second-order valence-electron chi connectivity index (χ2n) is 10.4. The summed E-state index contributed by atoms with van der Waals surface area (Å²) in [5, 5.41) is 0. The Labute approximate surface area is 266 Å². The van der Waals surface area contributed by atoms with E-state index in [0.717, 1.165) is 0 Å². The zero-order valence-electron chi connectivity index (χ0n) is 24.8. The molecule has 1 fully saturated rings. The molecule has 0 N–H and O–H groups in total. The lowest BCUT2D eigenvalue weighted by molar-refractivity contribution is -0.227. The Morgan fingerprint density at radius 2 is 0.870 bits per heavy atom. The zero-order valence-corrected chi connectivity index (χ0v) is 24.8. The molecule has 1 aliphatic rings. The number of hydrogen-bond donors (Lipinski definition) is 0. The highest BCUT2D eigenvalue weighted by Gasteiger charge is 2.52. The van der Waals surface area contributed by atoms with E-state index in [1.807, 2.05) is 0 Å². The summed E-state index contributed by atoms with van der Waals surface area (Å²) in [5.74, 6) is -2.82. The minimum atomic E-state index is -1.37. The average molecular weight is 621 g/mol. The van der Waals surface area contributed by atoms with E-state index in [1.54, 1.807) is 127 Å². The van der Waals surface area contributed by atoms with E-state index >= 15 is 0 Å². The largest absolute Gasteiger partial charge is 0.459 e. The van der Waals surface area contributed by atoms with Gasteiger partial charge in [0.05, 0.1) is 22.3 Å². The maximum atomic E-state index is 13.5. The fourth-order valence-corrected chi connectivity index (χ4v) is 5.01. The first kappa shape index (κ1) is 31.9. The van der Waals surface area contributed by atoms with Crippen LogP contribution in [0, 0.1) is 0 Å². The highest BCUT2D eigenvalue weighted by atomic mass is 16.7. The van der Waals surface area contributed by atoms with Crippen LogP contribution < -0.4 is 0 Å². The average Bonchev–Trinajstić information content (AvgIpc) is 3.11. The van der Waals surface area contributed by atoms with Gasteiger partial charge in [0.15, 0.2) is 18.3 Å². The smallest absolute Gasteiger partial charge is 0.338 e. The molecule has 9 heteroatoms. The Balaban J connectivity index is 1.52. The molecule has 0 amide bonds. The predicted octanol–water partition coefficient (Wildman–Crippen LogP) is 5.86. The van der Waals surface area contributed by atoms with Crippen LogP contribution in [-0.4, -0.2) is 61.0 Å². The molecule has 46 heavy (non-hydrogen) atoms. The van der Waals surface area contributed by atoms with Gasteiger partial charge in [0.25, 0.3) is 0 Å². The molecular weight excluding hydrogens is 588 g/mol. The first-order chi connectivity index (χ1) is 22.4. The molecule has 4 aromatic rings. The highest BCUT2D eigenvalue weighted by molar-refractivity contribution is 5.91. The van der Waals surface area contributed by atoms with Gasteiger partial charge in [-0.3, -0.25) is 0 Å². The van der Waals surface area contributed by atoms with Crippen LogP contribution in [0.15, 0.2) is 134 Å². The minimum Gasteiger partial charge on any atom is -0.459 e. The fraction of sp³-hybridized carbons (Fsp3) is 0.189. The minimum absolute atomic E-state index is 0.161. The number of carbonyl (C=O) groups is 4. The van der Waals surface area contributed by atoms with Crippen LogP contribution in [0.5, 0.6) is 0 Å². The fourth-order valence-electron chi connectivity index (χ4n) is 5.01. The number of rotatable bonds is 11. The molecule has 0 saturated carbocycles. The molecule has 9 nitrogen and oxygen atoms in total. The van der Waals surface area contributed by atoms with Crippen LogP contribution in [-0.2, 0) is 23.7 Å². The van der Waals surface area contributed by atoms with Crippen molar-refractivity contribution >= 4 is 23.9 Å². The van der Waals surface area contributed by atoms with Gasteiger partial charge in [0.1, 0.15) is 18.8 Å². The molecule has 4 aromatic carbocycles. The third-order valence-electron chi connectivity index (χ3n) is 7.28. The maximum Gasteiger partial charge on any atom is 0.338 e. The second kappa shape index (κ2) is 15.5. The van der Waals surface area contributed by atoms with E-state index in [0.29, 0.717) is 5.56 Å². The standard InChI is InChI=1S/C37H32O9/c1-2-15-29-31(44-35(39)26-18-9-4-10-19-26)33(46-37(41)28-22-13-6-14-23-28)32(45-36(40)27-20-11-5-12-21-27)30(43-29)24-42-34(38)25-16-7-3-8-17-25/h2-14,16-23,29-33H,1,15,24H2/t29-,30-,31-,32-,33-/m1/s1.